The minimum Gasteiger partial charge on any atom is -0.379 e. The summed E-state index contributed by atoms with van der Waals surface area (Å²) in [5.74, 6) is -0.530. The molecule has 3 amide bonds. The minimum atomic E-state index is -0.623. The first-order chi connectivity index (χ1) is 18.9. The molecule has 2 saturated carbocycles. The molecule has 2 aliphatic rings. The number of rotatable bonds is 10. The number of aromatic nitrogens is 4. The Morgan fingerprint density at radius 3 is 2.46 bits per heavy atom. The van der Waals surface area contributed by atoms with E-state index in [2.05, 4.69) is 41.7 Å². The maximum atomic E-state index is 14.1. The summed E-state index contributed by atoms with van der Waals surface area (Å²) < 4.78 is 15.6. The molecule has 208 valence electrons. The van der Waals surface area contributed by atoms with Gasteiger partial charge in [0.2, 0.25) is 0 Å². The van der Waals surface area contributed by atoms with Crippen LogP contribution in [0.25, 0.3) is 5.65 Å². The molecule has 0 spiro atoms. The highest BCUT2D eigenvalue weighted by Gasteiger charge is 2.26. The predicted octanol–water partition coefficient (Wildman–Crippen LogP) is 2.67. The van der Waals surface area contributed by atoms with Crippen LogP contribution in [0.3, 0.4) is 0 Å². The van der Waals surface area contributed by atoms with Gasteiger partial charge < -0.3 is 31.5 Å². The van der Waals surface area contributed by atoms with E-state index in [9.17, 15) is 14.0 Å². The number of pyridine rings is 1. The highest BCUT2D eigenvalue weighted by atomic mass is 19.1. The van der Waals surface area contributed by atoms with Gasteiger partial charge in [-0.15, -0.1) is 5.10 Å². The van der Waals surface area contributed by atoms with Crippen LogP contribution in [0.4, 0.5) is 26.4 Å². The van der Waals surface area contributed by atoms with Crippen molar-refractivity contribution < 1.29 is 14.0 Å². The SMILES string of the molecule is CN(C)CCNC(=O)N[C@H]1CC[C@H](Nc2cc(NC3CC3)c3ncc(C(=O)Nc4ccncc4F)n3n2)CC1. The Balaban J connectivity index is 1.25. The number of urea groups is 1. The minimum absolute atomic E-state index is 0.0345. The number of nitrogens with one attached hydrogen (secondary N) is 5. The lowest BCUT2D eigenvalue weighted by Gasteiger charge is -2.30. The number of likely N-dealkylation sites (N-methyl/N-ethyl adjacent to an activating group) is 1. The molecule has 0 atom stereocenters. The number of hydrogen-bond donors (Lipinski definition) is 5. The zero-order chi connectivity index (χ0) is 27.4. The second-order valence-corrected chi connectivity index (χ2v) is 10.4. The molecule has 3 aromatic heterocycles. The highest BCUT2D eigenvalue weighted by Crippen LogP contribution is 2.30. The Morgan fingerprint density at radius 1 is 1.03 bits per heavy atom. The summed E-state index contributed by atoms with van der Waals surface area (Å²) in [6.07, 6.45) is 9.49. The van der Waals surface area contributed by atoms with Gasteiger partial charge in [0, 0.05) is 43.5 Å². The molecular weight excluding hydrogens is 503 g/mol. The van der Waals surface area contributed by atoms with Crippen molar-refractivity contribution in [2.45, 2.75) is 56.7 Å². The smallest absolute Gasteiger partial charge is 0.315 e. The van der Waals surface area contributed by atoms with E-state index in [0.29, 0.717) is 24.1 Å². The first-order valence-corrected chi connectivity index (χ1v) is 13.4. The lowest BCUT2D eigenvalue weighted by Crippen LogP contribution is -2.46. The molecule has 0 unspecified atom stereocenters. The summed E-state index contributed by atoms with van der Waals surface area (Å²) >= 11 is 0. The van der Waals surface area contributed by atoms with E-state index in [-0.39, 0.29) is 29.5 Å². The van der Waals surface area contributed by atoms with Gasteiger partial charge in [-0.3, -0.25) is 9.78 Å². The van der Waals surface area contributed by atoms with Crippen molar-refractivity contribution in [1.29, 1.82) is 0 Å². The van der Waals surface area contributed by atoms with Crippen molar-refractivity contribution in [3.05, 3.63) is 42.2 Å². The van der Waals surface area contributed by atoms with Gasteiger partial charge in [-0.2, -0.15) is 0 Å². The molecule has 5 rings (SSSR count). The maximum Gasteiger partial charge on any atom is 0.315 e. The highest BCUT2D eigenvalue weighted by molar-refractivity contribution is 6.03. The molecule has 3 heterocycles. The molecule has 12 nitrogen and oxygen atoms in total. The van der Waals surface area contributed by atoms with Crippen molar-refractivity contribution in [3.8, 4) is 0 Å². The summed E-state index contributed by atoms with van der Waals surface area (Å²) in [5, 5.41) is 20.2. The van der Waals surface area contributed by atoms with Crippen LogP contribution in [0.1, 0.15) is 49.0 Å². The number of anilines is 3. The molecule has 0 aromatic carbocycles. The molecule has 0 radical (unpaired) electrons. The third-order valence-electron chi connectivity index (χ3n) is 6.92. The molecule has 0 aliphatic heterocycles. The zero-order valence-electron chi connectivity index (χ0n) is 22.2. The van der Waals surface area contributed by atoms with Crippen LogP contribution >= 0.6 is 0 Å². The Kier molecular flexibility index (Phi) is 8.05. The van der Waals surface area contributed by atoms with Crippen LogP contribution in [-0.2, 0) is 0 Å². The standard InChI is InChI=1S/C26H35FN10O2/c1-36(2)12-11-29-26(39)33-18-7-5-17(6-8-18)32-23-13-21(31-16-3-4-16)24-30-15-22(37(24)35-23)25(38)34-20-9-10-28-14-19(20)27/h9-10,13-18,31H,3-8,11-12H2,1-2H3,(H,32,35)(H,28,34,38)(H2,29,33,39)/t17-,18-. The number of hydrogen-bond acceptors (Lipinski definition) is 8. The van der Waals surface area contributed by atoms with Gasteiger partial charge >= 0.3 is 6.03 Å². The average Bonchev–Trinajstić information content (AvgIpc) is 3.61. The van der Waals surface area contributed by atoms with E-state index in [4.69, 9.17) is 0 Å². The van der Waals surface area contributed by atoms with Crippen LogP contribution in [0.2, 0.25) is 0 Å². The number of fused-ring (bicyclic) bond motifs is 1. The maximum absolute atomic E-state index is 14.1. The fourth-order valence-electron chi connectivity index (χ4n) is 4.63. The van der Waals surface area contributed by atoms with E-state index >= 15 is 0 Å². The van der Waals surface area contributed by atoms with Crippen LogP contribution in [-0.4, -0.2) is 81.7 Å². The summed E-state index contributed by atoms with van der Waals surface area (Å²) in [5.41, 5.74) is 1.54. The largest absolute Gasteiger partial charge is 0.379 e. The zero-order valence-corrected chi connectivity index (χ0v) is 22.2. The average molecular weight is 539 g/mol. The van der Waals surface area contributed by atoms with Crippen LogP contribution < -0.4 is 26.6 Å². The first-order valence-electron chi connectivity index (χ1n) is 13.4. The lowest BCUT2D eigenvalue weighted by atomic mass is 9.91. The van der Waals surface area contributed by atoms with Gasteiger partial charge in [-0.05, 0) is 58.7 Å². The Labute approximate surface area is 226 Å². The molecule has 2 fully saturated rings. The Morgan fingerprint density at radius 2 is 1.74 bits per heavy atom. The normalized spacial score (nSPS) is 19.1. The third-order valence-corrected chi connectivity index (χ3v) is 6.92. The van der Waals surface area contributed by atoms with Gasteiger partial charge in [0.15, 0.2) is 17.2 Å². The summed E-state index contributed by atoms with van der Waals surface area (Å²) in [6, 6.07) is 3.86. The molecule has 0 saturated heterocycles. The summed E-state index contributed by atoms with van der Waals surface area (Å²) in [7, 11) is 3.94. The summed E-state index contributed by atoms with van der Waals surface area (Å²) in [4.78, 5) is 35.4. The van der Waals surface area contributed by atoms with Crippen molar-refractivity contribution in [3.63, 3.8) is 0 Å². The fourth-order valence-corrected chi connectivity index (χ4v) is 4.63. The topological polar surface area (TPSA) is 141 Å². The second-order valence-electron chi connectivity index (χ2n) is 10.4. The number of nitrogens with zero attached hydrogens (tertiary/aromatic N) is 5. The van der Waals surface area contributed by atoms with Gasteiger partial charge in [0.1, 0.15) is 5.82 Å². The van der Waals surface area contributed by atoms with Crippen molar-refractivity contribution in [2.75, 3.05) is 43.1 Å². The molecule has 13 heteroatoms. The van der Waals surface area contributed by atoms with E-state index < -0.39 is 11.7 Å². The van der Waals surface area contributed by atoms with E-state index in [1.165, 1.54) is 23.0 Å². The Bertz CT molecular complexity index is 1320. The van der Waals surface area contributed by atoms with E-state index in [1.807, 2.05) is 25.1 Å². The van der Waals surface area contributed by atoms with Crippen molar-refractivity contribution in [1.82, 2.24) is 35.1 Å². The van der Waals surface area contributed by atoms with Gasteiger partial charge in [-0.1, -0.05) is 0 Å². The van der Waals surface area contributed by atoms with Gasteiger partial charge in [0.25, 0.3) is 5.91 Å². The molecule has 3 aromatic rings. The number of halogens is 1. The number of carbonyl (C=O) groups excluding carboxylic acids is 2. The van der Waals surface area contributed by atoms with Crippen LogP contribution in [0.15, 0.2) is 30.7 Å². The van der Waals surface area contributed by atoms with Gasteiger partial charge in [-0.25, -0.2) is 18.7 Å². The number of amides is 3. The third kappa shape index (κ3) is 6.91. The molecular formula is C26H35FN10O2. The number of imidazole rings is 1. The van der Waals surface area contributed by atoms with Crippen molar-refractivity contribution in [2.24, 2.45) is 0 Å². The summed E-state index contributed by atoms with van der Waals surface area (Å²) in [6.45, 7) is 1.40. The quantitative estimate of drug-likeness (QED) is 0.265. The van der Waals surface area contributed by atoms with Crippen molar-refractivity contribution >= 4 is 34.8 Å². The van der Waals surface area contributed by atoms with E-state index in [0.717, 1.165) is 57.0 Å². The van der Waals surface area contributed by atoms with Crippen LogP contribution in [0.5, 0.6) is 0 Å². The molecule has 0 bridgehead atoms. The Hall–Kier alpha value is -4.00. The lowest BCUT2D eigenvalue weighted by molar-refractivity contribution is 0.102. The van der Waals surface area contributed by atoms with E-state index in [1.54, 1.807) is 0 Å². The number of carbonyl (C=O) groups is 2. The fraction of sp³-hybridized carbons (Fsp3) is 0.500. The molecule has 5 N–H and O–H groups in total. The monoisotopic (exact) mass is 538 g/mol. The predicted molar refractivity (Wildman–Crippen MR) is 147 cm³/mol. The second kappa shape index (κ2) is 11.8. The van der Waals surface area contributed by atoms with Gasteiger partial charge in [0.05, 0.1) is 23.8 Å². The first kappa shape index (κ1) is 26.6. The van der Waals surface area contributed by atoms with Crippen LogP contribution in [0, 0.1) is 5.82 Å². The molecule has 39 heavy (non-hydrogen) atoms. The molecule has 2 aliphatic carbocycles.